The van der Waals surface area contributed by atoms with Gasteiger partial charge in [0, 0.05) is 23.8 Å². The summed E-state index contributed by atoms with van der Waals surface area (Å²) in [4.78, 5) is 14.2. The Labute approximate surface area is 96.2 Å². The maximum Gasteiger partial charge on any atom is 0.227 e. The minimum absolute atomic E-state index is 0.218. The Morgan fingerprint density at radius 3 is 2.36 bits per heavy atom. The molecule has 0 aromatic rings. The van der Waals surface area contributed by atoms with E-state index in [-0.39, 0.29) is 11.3 Å². The van der Waals surface area contributed by atoms with Crippen LogP contribution in [-0.4, -0.2) is 29.2 Å². The van der Waals surface area contributed by atoms with E-state index in [9.17, 15) is 4.79 Å². The molecule has 0 aliphatic rings. The Morgan fingerprint density at radius 1 is 1.50 bits per heavy atom. The van der Waals surface area contributed by atoms with E-state index in [4.69, 9.17) is 0 Å². The quantitative estimate of drug-likeness (QED) is 0.699. The lowest BCUT2D eigenvalue weighted by Gasteiger charge is -2.28. The van der Waals surface area contributed by atoms with Gasteiger partial charge in [-0.05, 0) is 12.8 Å². The molecule has 1 atom stereocenters. The Morgan fingerprint density at radius 2 is 2.00 bits per heavy atom. The maximum absolute atomic E-state index is 11.9. The zero-order valence-electron chi connectivity index (χ0n) is 9.93. The monoisotopic (exact) mass is 263 g/mol. The van der Waals surface area contributed by atoms with Crippen molar-refractivity contribution in [3.05, 3.63) is 0 Å². The van der Waals surface area contributed by atoms with Gasteiger partial charge in [0.2, 0.25) is 5.91 Å². The summed E-state index contributed by atoms with van der Waals surface area (Å²) in [6, 6.07) is 0. The van der Waals surface area contributed by atoms with Gasteiger partial charge in [-0.15, -0.1) is 0 Å². The topological polar surface area (TPSA) is 20.3 Å². The maximum atomic E-state index is 11.9. The molecule has 0 spiro atoms. The molecule has 0 aromatic carbocycles. The van der Waals surface area contributed by atoms with Crippen molar-refractivity contribution < 1.29 is 4.79 Å². The summed E-state index contributed by atoms with van der Waals surface area (Å²) in [5, 5.41) is 0. The first-order chi connectivity index (χ1) is 6.31. The molecule has 2 nitrogen and oxygen atoms in total. The molecular weight excluding hydrogens is 242 g/mol. The number of hydrogen-bond donors (Lipinski definition) is 0. The minimum atomic E-state index is -0.218. The molecule has 0 N–H and O–H groups in total. The molecule has 0 aliphatic carbocycles. The number of nitrogens with zero attached hydrogens (tertiary/aromatic N) is 1. The van der Waals surface area contributed by atoms with Crippen molar-refractivity contribution in [2.24, 2.45) is 5.41 Å². The molecule has 0 aliphatic heterocycles. The predicted molar refractivity (Wildman–Crippen MR) is 64.7 cm³/mol. The number of carbonyl (C=O) groups excluding carboxylic acids is 1. The van der Waals surface area contributed by atoms with Gasteiger partial charge in [-0.25, -0.2) is 0 Å². The van der Waals surface area contributed by atoms with Crippen LogP contribution in [0.4, 0.5) is 0 Å². The van der Waals surface area contributed by atoms with Crippen LogP contribution in [0, 0.1) is 5.41 Å². The van der Waals surface area contributed by atoms with Crippen LogP contribution in [0.25, 0.3) is 0 Å². The van der Waals surface area contributed by atoms with Crippen molar-refractivity contribution in [3.63, 3.8) is 0 Å². The molecule has 0 saturated carbocycles. The van der Waals surface area contributed by atoms with E-state index in [1.165, 1.54) is 0 Å². The Hall–Kier alpha value is -0.0500. The number of amides is 1. The molecule has 84 valence electrons. The smallest absolute Gasteiger partial charge is 0.227 e. The highest BCUT2D eigenvalue weighted by Gasteiger charge is 2.28. The minimum Gasteiger partial charge on any atom is -0.345 e. The summed E-state index contributed by atoms with van der Waals surface area (Å²) in [5.41, 5.74) is -0.218. The van der Waals surface area contributed by atoms with E-state index in [0.29, 0.717) is 4.83 Å². The number of carbonyl (C=O) groups is 1. The summed E-state index contributed by atoms with van der Waals surface area (Å²) < 4.78 is 0. The number of halogens is 1. The zero-order valence-corrected chi connectivity index (χ0v) is 11.5. The normalized spacial score (nSPS) is 13.9. The summed E-state index contributed by atoms with van der Waals surface area (Å²) in [6.45, 7) is 8.99. The Balaban J connectivity index is 4.12. The van der Waals surface area contributed by atoms with E-state index in [0.717, 1.165) is 19.4 Å². The van der Waals surface area contributed by atoms with Gasteiger partial charge in [0.05, 0.1) is 0 Å². The molecule has 1 unspecified atom stereocenters. The van der Waals surface area contributed by atoms with Gasteiger partial charge < -0.3 is 4.90 Å². The van der Waals surface area contributed by atoms with Crippen LogP contribution < -0.4 is 0 Å². The van der Waals surface area contributed by atoms with E-state index in [1.807, 2.05) is 25.8 Å². The van der Waals surface area contributed by atoms with Crippen LogP contribution in [0.15, 0.2) is 0 Å². The second-order valence-electron chi connectivity index (χ2n) is 4.53. The van der Waals surface area contributed by atoms with Gasteiger partial charge in [0.25, 0.3) is 0 Å². The molecule has 3 heteroatoms. The average Bonchev–Trinajstić information content (AvgIpc) is 2.12. The third kappa shape index (κ3) is 4.45. The van der Waals surface area contributed by atoms with Crippen molar-refractivity contribution in [1.29, 1.82) is 0 Å². The largest absolute Gasteiger partial charge is 0.345 e. The first-order valence-electron chi connectivity index (χ1n) is 5.21. The Kier molecular flexibility index (Phi) is 5.72. The van der Waals surface area contributed by atoms with Crippen molar-refractivity contribution >= 4 is 21.8 Å². The summed E-state index contributed by atoms with van der Waals surface area (Å²) >= 11 is 3.48. The standard InChI is InChI=1S/C11H22BrNO/c1-6-11(3,4)10(14)13(5)8-7-9(2)12/h9H,6-8H2,1-5H3. The molecule has 0 radical (unpaired) electrons. The molecule has 0 aromatic heterocycles. The first kappa shape index (κ1) is 13.9. The lowest BCUT2D eigenvalue weighted by atomic mass is 9.88. The van der Waals surface area contributed by atoms with Crippen LogP contribution in [0.3, 0.4) is 0 Å². The van der Waals surface area contributed by atoms with E-state index < -0.39 is 0 Å². The summed E-state index contributed by atoms with van der Waals surface area (Å²) in [5.74, 6) is 0.244. The first-order valence-corrected chi connectivity index (χ1v) is 6.12. The molecule has 0 rings (SSSR count). The molecule has 0 saturated heterocycles. The molecule has 14 heavy (non-hydrogen) atoms. The van der Waals surface area contributed by atoms with Crippen LogP contribution >= 0.6 is 15.9 Å². The van der Waals surface area contributed by atoms with E-state index in [2.05, 4.69) is 29.8 Å². The highest BCUT2D eigenvalue weighted by molar-refractivity contribution is 9.09. The molecule has 0 bridgehead atoms. The van der Waals surface area contributed by atoms with Crippen LogP contribution in [-0.2, 0) is 4.79 Å². The van der Waals surface area contributed by atoms with Crippen molar-refractivity contribution in [2.45, 2.75) is 45.4 Å². The molecule has 0 fully saturated rings. The van der Waals surface area contributed by atoms with Gasteiger partial charge in [-0.1, -0.05) is 43.6 Å². The lowest BCUT2D eigenvalue weighted by Crippen LogP contribution is -2.39. The number of rotatable bonds is 5. The van der Waals surface area contributed by atoms with Gasteiger partial charge in [0.1, 0.15) is 0 Å². The van der Waals surface area contributed by atoms with E-state index >= 15 is 0 Å². The third-order valence-corrected chi connectivity index (χ3v) is 3.13. The van der Waals surface area contributed by atoms with Gasteiger partial charge in [-0.3, -0.25) is 4.79 Å². The van der Waals surface area contributed by atoms with Crippen molar-refractivity contribution in [1.82, 2.24) is 4.90 Å². The molecule has 0 heterocycles. The van der Waals surface area contributed by atoms with E-state index in [1.54, 1.807) is 0 Å². The number of hydrogen-bond acceptors (Lipinski definition) is 1. The summed E-state index contributed by atoms with van der Waals surface area (Å²) in [7, 11) is 1.88. The van der Waals surface area contributed by atoms with Gasteiger partial charge >= 0.3 is 0 Å². The third-order valence-electron chi connectivity index (χ3n) is 2.67. The van der Waals surface area contributed by atoms with Crippen LogP contribution in [0.1, 0.15) is 40.5 Å². The fourth-order valence-corrected chi connectivity index (χ4v) is 1.35. The van der Waals surface area contributed by atoms with Crippen molar-refractivity contribution in [3.8, 4) is 0 Å². The van der Waals surface area contributed by atoms with Crippen LogP contribution in [0.2, 0.25) is 0 Å². The highest BCUT2D eigenvalue weighted by Crippen LogP contribution is 2.22. The SMILES string of the molecule is CCC(C)(C)C(=O)N(C)CCC(C)Br. The molecular formula is C11H22BrNO. The van der Waals surface area contributed by atoms with Crippen LogP contribution in [0.5, 0.6) is 0 Å². The van der Waals surface area contributed by atoms with Gasteiger partial charge in [-0.2, -0.15) is 0 Å². The fourth-order valence-electron chi connectivity index (χ4n) is 1.14. The van der Waals surface area contributed by atoms with Crippen molar-refractivity contribution in [2.75, 3.05) is 13.6 Å². The van der Waals surface area contributed by atoms with Gasteiger partial charge in [0.15, 0.2) is 0 Å². The summed E-state index contributed by atoms with van der Waals surface area (Å²) in [6.07, 6.45) is 1.89. The Bertz CT molecular complexity index is 190. The number of alkyl halides is 1. The molecule has 1 amide bonds. The second kappa shape index (κ2) is 5.74. The predicted octanol–water partition coefficient (Wildman–Crippen LogP) is 3.05. The highest BCUT2D eigenvalue weighted by atomic mass is 79.9. The lowest BCUT2D eigenvalue weighted by molar-refractivity contribution is -0.139. The zero-order chi connectivity index (χ0) is 11.4. The second-order valence-corrected chi connectivity index (χ2v) is 6.10. The fraction of sp³-hybridized carbons (Fsp3) is 0.909. The average molecular weight is 264 g/mol.